The zero-order valence-corrected chi connectivity index (χ0v) is 9.98. The maximum absolute atomic E-state index is 5.19. The van der Waals surface area contributed by atoms with Crippen molar-refractivity contribution in [2.75, 3.05) is 14.1 Å². The van der Waals surface area contributed by atoms with Gasteiger partial charge in [-0.2, -0.15) is 0 Å². The highest BCUT2D eigenvalue weighted by atomic mass is 32.1. The fourth-order valence-electron chi connectivity index (χ4n) is 1.09. The molecule has 2 rings (SSSR count). The molecule has 15 heavy (non-hydrogen) atoms. The molecule has 0 saturated heterocycles. The second kappa shape index (κ2) is 4.21. The molecule has 0 aromatic carbocycles. The summed E-state index contributed by atoms with van der Waals surface area (Å²) in [6.45, 7) is 0.815. The molecule has 0 fully saturated rings. The third-order valence-corrected chi connectivity index (χ3v) is 2.80. The number of aromatic amines is 1. The van der Waals surface area contributed by atoms with Crippen molar-refractivity contribution in [2.45, 2.75) is 6.54 Å². The van der Waals surface area contributed by atoms with Crippen LogP contribution >= 0.6 is 23.6 Å². The van der Waals surface area contributed by atoms with Gasteiger partial charge < -0.3 is 9.32 Å². The number of rotatable bonds is 3. The van der Waals surface area contributed by atoms with E-state index in [2.05, 4.69) is 20.1 Å². The molecule has 0 aliphatic rings. The number of hydrogen-bond acceptors (Lipinski definition) is 6. The van der Waals surface area contributed by atoms with Crippen LogP contribution in [0.4, 0.5) is 0 Å². The second-order valence-corrected chi connectivity index (χ2v) is 4.76. The van der Waals surface area contributed by atoms with E-state index in [1.165, 1.54) is 0 Å². The lowest BCUT2D eigenvalue weighted by Crippen LogP contribution is -2.09. The van der Waals surface area contributed by atoms with E-state index in [0.717, 1.165) is 16.4 Å². The van der Waals surface area contributed by atoms with E-state index in [9.17, 15) is 0 Å². The van der Waals surface area contributed by atoms with Gasteiger partial charge in [0.05, 0.1) is 6.20 Å². The predicted molar refractivity (Wildman–Crippen MR) is 60.2 cm³/mol. The SMILES string of the molecule is CN(C)Cc1ncc(-c2n[nH]c(=S)o2)s1. The Bertz CT molecular complexity index is 498. The van der Waals surface area contributed by atoms with Crippen LogP contribution in [-0.4, -0.2) is 34.2 Å². The van der Waals surface area contributed by atoms with Crippen molar-refractivity contribution in [3.63, 3.8) is 0 Å². The minimum atomic E-state index is 0.285. The zero-order chi connectivity index (χ0) is 10.8. The first kappa shape index (κ1) is 10.5. The molecule has 0 saturated carbocycles. The van der Waals surface area contributed by atoms with Crippen molar-refractivity contribution in [1.29, 1.82) is 0 Å². The number of H-pyrrole nitrogens is 1. The standard InChI is InChI=1S/C8H10N4OS2/c1-12(2)4-6-9-3-5(15-6)7-10-11-8(14)13-7/h3H,4H2,1-2H3,(H,11,14). The Kier molecular flexibility index (Phi) is 2.94. The highest BCUT2D eigenvalue weighted by Crippen LogP contribution is 2.24. The summed E-state index contributed by atoms with van der Waals surface area (Å²) in [5.41, 5.74) is 0. The van der Waals surface area contributed by atoms with Gasteiger partial charge in [-0.15, -0.1) is 16.4 Å². The van der Waals surface area contributed by atoms with Gasteiger partial charge in [-0.1, -0.05) is 0 Å². The van der Waals surface area contributed by atoms with Crippen molar-refractivity contribution in [1.82, 2.24) is 20.1 Å². The molecule has 0 bridgehead atoms. The second-order valence-electron chi connectivity index (χ2n) is 3.27. The van der Waals surface area contributed by atoms with Crippen LogP contribution in [0.2, 0.25) is 0 Å². The summed E-state index contributed by atoms with van der Waals surface area (Å²) < 4.78 is 5.19. The molecule has 5 nitrogen and oxygen atoms in total. The first-order chi connectivity index (χ1) is 7.15. The van der Waals surface area contributed by atoms with Crippen LogP contribution in [0.15, 0.2) is 10.6 Å². The van der Waals surface area contributed by atoms with E-state index in [0.29, 0.717) is 5.89 Å². The smallest absolute Gasteiger partial charge is 0.284 e. The molecule has 0 atom stereocenters. The van der Waals surface area contributed by atoms with E-state index < -0.39 is 0 Å². The van der Waals surface area contributed by atoms with Gasteiger partial charge in [0.1, 0.15) is 9.88 Å². The molecule has 0 unspecified atom stereocenters. The van der Waals surface area contributed by atoms with Gasteiger partial charge in [0.25, 0.3) is 10.7 Å². The molecular formula is C8H10N4OS2. The monoisotopic (exact) mass is 242 g/mol. The minimum Gasteiger partial charge on any atom is -0.408 e. The Morgan fingerprint density at radius 3 is 3.00 bits per heavy atom. The average molecular weight is 242 g/mol. The van der Waals surface area contributed by atoms with E-state index in [1.807, 2.05) is 14.1 Å². The van der Waals surface area contributed by atoms with E-state index >= 15 is 0 Å². The molecule has 80 valence electrons. The molecule has 7 heteroatoms. The van der Waals surface area contributed by atoms with Crippen molar-refractivity contribution < 1.29 is 4.42 Å². The van der Waals surface area contributed by atoms with E-state index in [-0.39, 0.29) is 4.84 Å². The average Bonchev–Trinajstić information content (AvgIpc) is 2.72. The van der Waals surface area contributed by atoms with Crippen LogP contribution in [0.25, 0.3) is 10.8 Å². The van der Waals surface area contributed by atoms with Crippen LogP contribution in [-0.2, 0) is 6.54 Å². The fourth-order valence-corrected chi connectivity index (χ4v) is 2.17. The molecule has 0 aliphatic heterocycles. The summed E-state index contributed by atoms with van der Waals surface area (Å²) >= 11 is 6.35. The van der Waals surface area contributed by atoms with Crippen molar-refractivity contribution in [3.05, 3.63) is 16.0 Å². The lowest BCUT2D eigenvalue weighted by molar-refractivity contribution is 0.401. The Balaban J connectivity index is 2.23. The van der Waals surface area contributed by atoms with Gasteiger partial charge in [-0.25, -0.2) is 10.1 Å². The molecule has 2 aromatic heterocycles. The van der Waals surface area contributed by atoms with E-state index in [1.54, 1.807) is 17.5 Å². The lowest BCUT2D eigenvalue weighted by atomic mass is 10.5. The van der Waals surface area contributed by atoms with Crippen molar-refractivity contribution >= 4 is 23.6 Å². The number of aromatic nitrogens is 3. The summed E-state index contributed by atoms with van der Waals surface area (Å²) in [7, 11) is 4.00. The van der Waals surface area contributed by atoms with Crippen LogP contribution in [0, 0.1) is 4.84 Å². The highest BCUT2D eigenvalue weighted by Gasteiger charge is 2.09. The van der Waals surface area contributed by atoms with Gasteiger partial charge in [-0.3, -0.25) is 0 Å². The highest BCUT2D eigenvalue weighted by molar-refractivity contribution is 7.71. The van der Waals surface area contributed by atoms with Crippen LogP contribution in [0.5, 0.6) is 0 Å². The number of nitrogens with one attached hydrogen (secondary N) is 1. The quantitative estimate of drug-likeness (QED) is 0.833. The predicted octanol–water partition coefficient (Wildman–Crippen LogP) is 1.92. The Morgan fingerprint density at radius 2 is 2.40 bits per heavy atom. The fraction of sp³-hybridized carbons (Fsp3) is 0.375. The normalized spacial score (nSPS) is 11.1. The number of nitrogens with zero attached hydrogens (tertiary/aromatic N) is 3. The number of hydrogen-bond donors (Lipinski definition) is 1. The molecule has 2 aromatic rings. The maximum atomic E-state index is 5.19. The molecule has 0 amide bonds. The zero-order valence-electron chi connectivity index (χ0n) is 8.35. The van der Waals surface area contributed by atoms with Crippen LogP contribution in [0.3, 0.4) is 0 Å². The summed E-state index contributed by atoms with van der Waals surface area (Å²) in [6, 6.07) is 0. The molecule has 0 aliphatic carbocycles. The minimum absolute atomic E-state index is 0.285. The first-order valence-electron chi connectivity index (χ1n) is 4.30. The molecule has 0 radical (unpaired) electrons. The van der Waals surface area contributed by atoms with Gasteiger partial charge in [-0.05, 0) is 26.3 Å². The van der Waals surface area contributed by atoms with Gasteiger partial charge >= 0.3 is 0 Å². The summed E-state index contributed by atoms with van der Waals surface area (Å²) in [4.78, 5) is 7.50. The van der Waals surface area contributed by atoms with Gasteiger partial charge in [0.2, 0.25) is 0 Å². The third kappa shape index (κ3) is 2.49. The van der Waals surface area contributed by atoms with Gasteiger partial charge in [0, 0.05) is 6.54 Å². The molecule has 2 heterocycles. The largest absolute Gasteiger partial charge is 0.408 e. The molecule has 1 N–H and O–H groups in total. The van der Waals surface area contributed by atoms with Crippen molar-refractivity contribution in [2.24, 2.45) is 0 Å². The topological polar surface area (TPSA) is 58.0 Å². The lowest BCUT2D eigenvalue weighted by Gasteiger charge is -2.04. The van der Waals surface area contributed by atoms with Crippen LogP contribution < -0.4 is 0 Å². The Hall–Kier alpha value is -1.05. The van der Waals surface area contributed by atoms with Gasteiger partial charge in [0.15, 0.2) is 0 Å². The summed E-state index contributed by atoms with van der Waals surface area (Å²) in [5.74, 6) is 0.502. The van der Waals surface area contributed by atoms with E-state index in [4.69, 9.17) is 16.6 Å². The van der Waals surface area contributed by atoms with Crippen LogP contribution in [0.1, 0.15) is 5.01 Å². The summed E-state index contributed by atoms with van der Waals surface area (Å²) in [6.07, 6.45) is 1.75. The van der Waals surface area contributed by atoms with Crippen molar-refractivity contribution in [3.8, 4) is 10.8 Å². The Morgan fingerprint density at radius 1 is 1.60 bits per heavy atom. The third-order valence-electron chi connectivity index (χ3n) is 1.65. The molecular weight excluding hydrogens is 232 g/mol. The first-order valence-corrected chi connectivity index (χ1v) is 5.53. The maximum Gasteiger partial charge on any atom is 0.284 e. The summed E-state index contributed by atoms with van der Waals surface area (Å²) in [5, 5.41) is 7.55. The Labute approximate surface area is 95.8 Å². The molecule has 0 spiro atoms. The number of thiazole rings is 1.